The smallest absolute Gasteiger partial charge is 0.416 e. The van der Waals surface area contributed by atoms with Gasteiger partial charge in [0, 0.05) is 32.1 Å². The van der Waals surface area contributed by atoms with Gasteiger partial charge in [-0.3, -0.25) is 14.4 Å². The summed E-state index contributed by atoms with van der Waals surface area (Å²) in [5.74, 6) is -2.61. The van der Waals surface area contributed by atoms with Crippen molar-refractivity contribution in [3.8, 4) is 0 Å². The molecule has 0 radical (unpaired) electrons. The van der Waals surface area contributed by atoms with E-state index in [0.717, 1.165) is 6.42 Å². The fourth-order valence-electron chi connectivity index (χ4n) is 4.28. The van der Waals surface area contributed by atoms with Gasteiger partial charge in [-0.05, 0) is 50.3 Å². The van der Waals surface area contributed by atoms with E-state index in [2.05, 4.69) is 0 Å². The van der Waals surface area contributed by atoms with Crippen molar-refractivity contribution in [3.63, 3.8) is 0 Å². The Morgan fingerprint density at radius 2 is 1.55 bits per heavy atom. The van der Waals surface area contributed by atoms with Crippen molar-refractivity contribution in [1.82, 2.24) is 9.80 Å². The van der Waals surface area contributed by atoms with E-state index in [1.54, 1.807) is 4.90 Å². The molecule has 1 aromatic rings. The van der Waals surface area contributed by atoms with Gasteiger partial charge in [0.1, 0.15) is 5.82 Å². The van der Waals surface area contributed by atoms with E-state index in [4.69, 9.17) is 4.74 Å². The summed E-state index contributed by atoms with van der Waals surface area (Å²) in [5.41, 5.74) is -1.70. The van der Waals surface area contributed by atoms with Crippen LogP contribution in [0.4, 0.5) is 17.6 Å². The summed E-state index contributed by atoms with van der Waals surface area (Å²) >= 11 is 0. The molecular weight excluding hydrogens is 444 g/mol. The molecule has 2 amide bonds. The first-order valence-corrected chi connectivity index (χ1v) is 11.2. The van der Waals surface area contributed by atoms with Crippen LogP contribution in [0.15, 0.2) is 18.2 Å². The first-order chi connectivity index (χ1) is 15.6. The number of likely N-dealkylation sites (tertiary alicyclic amines) is 2. The molecule has 2 saturated heterocycles. The summed E-state index contributed by atoms with van der Waals surface area (Å²) in [6, 6.07) is 1.78. The normalized spacial score (nSPS) is 18.3. The van der Waals surface area contributed by atoms with Gasteiger partial charge in [0.15, 0.2) is 0 Å². The average Bonchev–Trinajstić information content (AvgIpc) is 2.81. The minimum atomic E-state index is -4.68. The largest absolute Gasteiger partial charge is 0.465 e. The van der Waals surface area contributed by atoms with Crippen LogP contribution in [0.3, 0.4) is 0 Å². The number of nitrogens with zero attached hydrogens (tertiary/aromatic N) is 2. The molecule has 2 fully saturated rings. The van der Waals surface area contributed by atoms with Crippen molar-refractivity contribution < 1.29 is 36.7 Å². The summed E-state index contributed by atoms with van der Waals surface area (Å²) in [6.07, 6.45) is -2.14. The molecule has 0 unspecified atom stereocenters. The van der Waals surface area contributed by atoms with Crippen LogP contribution < -0.4 is 0 Å². The maximum atomic E-state index is 14.1. The van der Waals surface area contributed by atoms with E-state index in [-0.39, 0.29) is 36.8 Å². The number of hydrogen-bond donors (Lipinski definition) is 0. The minimum absolute atomic E-state index is 0.0484. The number of halogens is 4. The molecule has 6 nitrogen and oxygen atoms in total. The highest BCUT2D eigenvalue weighted by molar-refractivity contribution is 5.95. The fourth-order valence-corrected chi connectivity index (χ4v) is 4.28. The maximum Gasteiger partial charge on any atom is 0.416 e. The van der Waals surface area contributed by atoms with Gasteiger partial charge >= 0.3 is 12.1 Å². The molecule has 0 bridgehead atoms. The summed E-state index contributed by atoms with van der Waals surface area (Å²) in [6.45, 7) is 3.54. The molecule has 0 aromatic heterocycles. The Labute approximate surface area is 189 Å². The number of alkyl halides is 3. The summed E-state index contributed by atoms with van der Waals surface area (Å²) in [5, 5.41) is 0. The minimum Gasteiger partial charge on any atom is -0.465 e. The van der Waals surface area contributed by atoms with E-state index in [0.29, 0.717) is 63.6 Å². The van der Waals surface area contributed by atoms with Crippen LogP contribution in [-0.4, -0.2) is 60.4 Å². The van der Waals surface area contributed by atoms with Crippen LogP contribution >= 0.6 is 0 Å². The van der Waals surface area contributed by atoms with Crippen LogP contribution in [0.25, 0.3) is 0 Å². The van der Waals surface area contributed by atoms with Crippen LogP contribution in [0, 0.1) is 17.7 Å². The first kappa shape index (κ1) is 25.0. The Kier molecular flexibility index (Phi) is 7.97. The topological polar surface area (TPSA) is 66.9 Å². The Balaban J connectivity index is 1.52. The van der Waals surface area contributed by atoms with Crippen molar-refractivity contribution in [3.05, 3.63) is 35.1 Å². The highest BCUT2D eigenvalue weighted by Crippen LogP contribution is 2.31. The lowest BCUT2D eigenvalue weighted by Gasteiger charge is -2.37. The van der Waals surface area contributed by atoms with Gasteiger partial charge in [0.2, 0.25) is 5.91 Å². The second kappa shape index (κ2) is 10.5. The Bertz CT molecular complexity index is 874. The van der Waals surface area contributed by atoms with Crippen molar-refractivity contribution in [1.29, 1.82) is 0 Å². The highest BCUT2D eigenvalue weighted by Gasteiger charge is 2.36. The van der Waals surface area contributed by atoms with Gasteiger partial charge in [-0.15, -0.1) is 0 Å². The van der Waals surface area contributed by atoms with E-state index in [1.165, 1.54) is 4.90 Å². The monoisotopic (exact) mass is 472 g/mol. The van der Waals surface area contributed by atoms with Crippen LogP contribution in [0.5, 0.6) is 0 Å². The van der Waals surface area contributed by atoms with Crippen LogP contribution in [0.1, 0.15) is 54.9 Å². The second-order valence-corrected chi connectivity index (χ2v) is 8.53. The number of ether oxygens (including phenoxy) is 1. The van der Waals surface area contributed by atoms with Crippen LogP contribution in [-0.2, 0) is 20.5 Å². The maximum absolute atomic E-state index is 14.1. The lowest BCUT2D eigenvalue weighted by Crippen LogP contribution is -2.47. The third-order valence-electron chi connectivity index (χ3n) is 6.24. The zero-order chi connectivity index (χ0) is 24.2. The molecule has 0 spiro atoms. The van der Waals surface area contributed by atoms with E-state index in [1.807, 2.05) is 6.92 Å². The molecule has 10 heteroatoms. The lowest BCUT2D eigenvalue weighted by atomic mass is 9.91. The van der Waals surface area contributed by atoms with Gasteiger partial charge in [0.05, 0.1) is 23.7 Å². The van der Waals surface area contributed by atoms with E-state index < -0.39 is 29.0 Å². The number of rotatable bonds is 5. The molecule has 0 saturated carbocycles. The third kappa shape index (κ3) is 6.03. The highest BCUT2D eigenvalue weighted by atomic mass is 19.4. The number of amides is 2. The second-order valence-electron chi connectivity index (χ2n) is 8.53. The van der Waals surface area contributed by atoms with E-state index >= 15 is 0 Å². The predicted molar refractivity (Wildman–Crippen MR) is 111 cm³/mol. The SMILES string of the molecule is CCCOC(=O)C1CCN(C(=O)C2CCN(C(=O)c3cc(C(F)(F)F)ccc3F)CC2)CC1. The Morgan fingerprint density at radius 3 is 2.12 bits per heavy atom. The Hall–Kier alpha value is -2.65. The zero-order valence-electron chi connectivity index (χ0n) is 18.5. The molecule has 0 N–H and O–H groups in total. The quantitative estimate of drug-likeness (QED) is 0.482. The summed E-state index contributed by atoms with van der Waals surface area (Å²) in [7, 11) is 0. The van der Waals surface area contributed by atoms with Crippen LogP contribution in [0.2, 0.25) is 0 Å². The molecule has 0 aliphatic carbocycles. The van der Waals surface area contributed by atoms with Crippen molar-refractivity contribution in [2.75, 3.05) is 32.8 Å². The number of esters is 1. The molecule has 182 valence electrons. The zero-order valence-corrected chi connectivity index (χ0v) is 18.5. The Morgan fingerprint density at radius 1 is 0.970 bits per heavy atom. The standard InChI is InChI=1S/C23H28F4N2O4/c1-2-13-33-22(32)16-7-11-28(12-8-16)20(30)15-5-9-29(10-6-15)21(31)18-14-17(23(25,26)27)3-4-19(18)24/h3-4,14-16H,2,5-13H2,1H3. The van der Waals surface area contributed by atoms with Gasteiger partial charge in [-0.25, -0.2) is 4.39 Å². The van der Waals surface area contributed by atoms with Crippen molar-refractivity contribution in [2.24, 2.45) is 11.8 Å². The number of carbonyl (C=O) groups is 3. The molecule has 3 rings (SSSR count). The third-order valence-corrected chi connectivity index (χ3v) is 6.24. The van der Waals surface area contributed by atoms with Crippen molar-refractivity contribution >= 4 is 17.8 Å². The lowest BCUT2D eigenvalue weighted by molar-refractivity contribution is -0.152. The fraction of sp³-hybridized carbons (Fsp3) is 0.609. The summed E-state index contributed by atoms with van der Waals surface area (Å²) < 4.78 is 58.0. The van der Waals surface area contributed by atoms with Gasteiger partial charge in [-0.2, -0.15) is 13.2 Å². The first-order valence-electron chi connectivity index (χ1n) is 11.2. The molecule has 33 heavy (non-hydrogen) atoms. The molecule has 1 aromatic carbocycles. The molecular formula is C23H28F4N2O4. The number of hydrogen-bond acceptors (Lipinski definition) is 4. The molecule has 0 atom stereocenters. The van der Waals surface area contributed by atoms with Crippen molar-refractivity contribution in [2.45, 2.75) is 45.2 Å². The summed E-state index contributed by atoms with van der Waals surface area (Å²) in [4.78, 5) is 40.5. The molecule has 2 heterocycles. The average molecular weight is 472 g/mol. The van der Waals surface area contributed by atoms with Gasteiger partial charge < -0.3 is 14.5 Å². The molecule has 2 aliphatic rings. The number of carbonyl (C=O) groups excluding carboxylic acids is 3. The van der Waals surface area contributed by atoms with Gasteiger partial charge in [0.25, 0.3) is 5.91 Å². The van der Waals surface area contributed by atoms with Gasteiger partial charge in [-0.1, -0.05) is 6.92 Å². The number of piperidine rings is 2. The molecule has 2 aliphatic heterocycles. The predicted octanol–water partition coefficient (Wildman–Crippen LogP) is 3.89. The number of benzene rings is 1. The van der Waals surface area contributed by atoms with E-state index in [9.17, 15) is 31.9 Å².